The van der Waals surface area contributed by atoms with Gasteiger partial charge in [0.2, 0.25) is 0 Å². The summed E-state index contributed by atoms with van der Waals surface area (Å²) in [6.45, 7) is 26.9. The Morgan fingerprint density at radius 3 is 1.51 bits per heavy atom. The molecule has 0 unspecified atom stereocenters. The third-order valence-corrected chi connectivity index (χ3v) is 14.6. The average molecular weight is 968 g/mol. The summed E-state index contributed by atoms with van der Waals surface area (Å²) in [6.07, 6.45) is 1.93. The zero-order chi connectivity index (χ0) is 52.3. The molecule has 74 heavy (non-hydrogen) atoms. The molecule has 2 aromatic heterocycles. The molecule has 370 valence electrons. The van der Waals surface area contributed by atoms with E-state index in [9.17, 15) is 5.11 Å². The number of imidazole rings is 1. The van der Waals surface area contributed by atoms with Gasteiger partial charge in [0.05, 0.1) is 28.0 Å². The molecule has 0 saturated heterocycles. The monoisotopic (exact) mass is 968 g/mol. The van der Waals surface area contributed by atoms with Crippen LogP contribution in [0.5, 0.6) is 5.75 Å². The normalized spacial score (nSPS) is 12.4. The van der Waals surface area contributed by atoms with E-state index in [2.05, 4.69) is 276 Å². The lowest BCUT2D eigenvalue weighted by atomic mass is 9.78. The van der Waals surface area contributed by atoms with Crippen LogP contribution in [-0.4, -0.2) is 19.6 Å². The number of hydrogen-bond donors (Lipinski definition) is 1. The molecule has 0 radical (unpaired) electrons. The average Bonchev–Trinajstić information content (AvgIpc) is 3.77. The number of pyridine rings is 1. The summed E-state index contributed by atoms with van der Waals surface area (Å²) in [4.78, 5) is 10.9. The molecule has 0 spiro atoms. The van der Waals surface area contributed by atoms with Gasteiger partial charge in [0.15, 0.2) is 0 Å². The maximum atomic E-state index is 12.8. The van der Waals surface area contributed by atoms with Gasteiger partial charge in [-0.3, -0.25) is 9.55 Å². The second kappa shape index (κ2) is 18.9. The first-order valence-electron chi connectivity index (χ1n) is 26.1. The molecule has 4 heteroatoms. The van der Waals surface area contributed by atoms with Crippen LogP contribution in [0.4, 0.5) is 0 Å². The molecule has 0 fully saturated rings. The first-order chi connectivity index (χ1) is 35.1. The quantitative estimate of drug-likeness (QED) is 0.165. The minimum atomic E-state index is -0.359. The molecule has 1 N–H and O–H groups in total. The second-order valence-corrected chi connectivity index (χ2v) is 24.2. The van der Waals surface area contributed by atoms with Gasteiger partial charge < -0.3 is 5.11 Å². The molecule has 2 heterocycles. The van der Waals surface area contributed by atoms with Gasteiger partial charge in [-0.2, -0.15) is 0 Å². The van der Waals surface area contributed by atoms with Crippen LogP contribution in [0.2, 0.25) is 0 Å². The van der Waals surface area contributed by atoms with Crippen LogP contribution in [-0.2, 0) is 21.7 Å². The number of benzene rings is 8. The maximum Gasteiger partial charge on any atom is 0.149 e. The molecule has 4 nitrogen and oxygen atoms in total. The number of para-hydroxylation sites is 1. The SMILES string of the molecule is CC(C)(C)c1ccc(-c2ccnc(-c3cc(-c4ccccc4)cc(-c4cccc5c4nc(-c4cc(C(C)(C)C)cc(C(C)(C)C)c4O)n5-c4cc(-c5ccccc5)c(C(C)(C)C)cc4-c4ccccc4)c3)c2)cc1. The van der Waals surface area contributed by atoms with Crippen LogP contribution in [0.3, 0.4) is 0 Å². The van der Waals surface area contributed by atoms with Crippen molar-refractivity contribution >= 4 is 11.0 Å². The van der Waals surface area contributed by atoms with Crippen molar-refractivity contribution in [2.24, 2.45) is 0 Å². The second-order valence-electron chi connectivity index (χ2n) is 24.2. The lowest BCUT2D eigenvalue weighted by Crippen LogP contribution is -2.17. The highest BCUT2D eigenvalue weighted by atomic mass is 16.3. The predicted molar refractivity (Wildman–Crippen MR) is 313 cm³/mol. The highest BCUT2D eigenvalue weighted by Gasteiger charge is 2.31. The van der Waals surface area contributed by atoms with Crippen molar-refractivity contribution in [1.29, 1.82) is 0 Å². The number of hydrogen-bond acceptors (Lipinski definition) is 3. The van der Waals surface area contributed by atoms with Crippen molar-refractivity contribution < 1.29 is 5.11 Å². The van der Waals surface area contributed by atoms with Crippen molar-refractivity contribution in [3.05, 3.63) is 217 Å². The van der Waals surface area contributed by atoms with Gasteiger partial charge in [-0.05, 0) is 137 Å². The maximum absolute atomic E-state index is 12.8. The fraction of sp³-hybridized carbons (Fsp3) is 0.229. The van der Waals surface area contributed by atoms with E-state index in [1.807, 2.05) is 6.20 Å². The Kier molecular flexibility index (Phi) is 12.7. The van der Waals surface area contributed by atoms with E-state index in [0.717, 1.165) is 94.7 Å². The standard InChI is InChI=1S/C70H69N3O/c1-67(2,3)53-33-31-46(32-34-53)49-35-36-71-61(40-49)52-38-50(45-23-16-13-17-24-45)37-51(39-52)55-29-22-30-62-64(55)72-66(58-41-54(68(4,5)6)42-60(65(58)74)70(10,11)12)73(62)63-44-56(47-25-18-14-19-26-47)59(69(7,8)9)43-57(63)48-27-20-15-21-28-48/h13-44,74H,1-12H3. The van der Waals surface area contributed by atoms with Crippen LogP contribution < -0.4 is 0 Å². The van der Waals surface area contributed by atoms with E-state index in [0.29, 0.717) is 11.4 Å². The number of phenolic OH excluding ortho intramolecular Hbond substituents is 1. The molecule has 0 aliphatic carbocycles. The van der Waals surface area contributed by atoms with Crippen molar-refractivity contribution in [1.82, 2.24) is 14.5 Å². The lowest BCUT2D eigenvalue weighted by Gasteiger charge is -2.28. The molecule has 0 bridgehead atoms. The fourth-order valence-corrected chi connectivity index (χ4v) is 10.3. The van der Waals surface area contributed by atoms with E-state index >= 15 is 0 Å². The van der Waals surface area contributed by atoms with E-state index in [1.54, 1.807) is 0 Å². The van der Waals surface area contributed by atoms with Crippen molar-refractivity contribution in [3.63, 3.8) is 0 Å². The van der Waals surface area contributed by atoms with E-state index in [4.69, 9.17) is 9.97 Å². The Hall–Kier alpha value is -7.82. The third-order valence-electron chi connectivity index (χ3n) is 14.6. The molecule has 0 aliphatic rings. The minimum Gasteiger partial charge on any atom is -0.507 e. The summed E-state index contributed by atoms with van der Waals surface area (Å²) < 4.78 is 2.33. The Labute approximate surface area is 439 Å². The van der Waals surface area contributed by atoms with Crippen LogP contribution in [0.1, 0.15) is 105 Å². The summed E-state index contributed by atoms with van der Waals surface area (Å²) >= 11 is 0. The summed E-state index contributed by atoms with van der Waals surface area (Å²) in [7, 11) is 0. The Bertz CT molecular complexity index is 3670. The molecule has 0 atom stereocenters. The summed E-state index contributed by atoms with van der Waals surface area (Å²) in [6, 6.07) is 67.8. The van der Waals surface area contributed by atoms with Gasteiger partial charge in [0.1, 0.15) is 11.6 Å². The van der Waals surface area contributed by atoms with E-state index in [-0.39, 0.29) is 27.4 Å². The van der Waals surface area contributed by atoms with Crippen LogP contribution in [0.15, 0.2) is 194 Å². The van der Waals surface area contributed by atoms with Gasteiger partial charge in [0.25, 0.3) is 0 Å². The van der Waals surface area contributed by atoms with Gasteiger partial charge in [-0.1, -0.05) is 217 Å². The Morgan fingerprint density at radius 2 is 0.919 bits per heavy atom. The number of nitrogens with zero attached hydrogens (tertiary/aromatic N) is 3. The van der Waals surface area contributed by atoms with Gasteiger partial charge in [-0.25, -0.2) is 4.98 Å². The summed E-state index contributed by atoms with van der Waals surface area (Å²) in [5.41, 5.74) is 20.1. The van der Waals surface area contributed by atoms with E-state index in [1.165, 1.54) is 11.1 Å². The molecule has 0 aliphatic heterocycles. The smallest absolute Gasteiger partial charge is 0.149 e. The van der Waals surface area contributed by atoms with Gasteiger partial charge >= 0.3 is 0 Å². The fourth-order valence-electron chi connectivity index (χ4n) is 10.3. The molecule has 10 aromatic rings. The predicted octanol–water partition coefficient (Wildman–Crippen LogP) is 19.0. The first-order valence-corrected chi connectivity index (χ1v) is 26.1. The van der Waals surface area contributed by atoms with Crippen LogP contribution in [0, 0.1) is 0 Å². The van der Waals surface area contributed by atoms with Crippen molar-refractivity contribution in [3.8, 4) is 89.7 Å². The lowest BCUT2D eigenvalue weighted by molar-refractivity contribution is 0.446. The number of aromatic hydroxyl groups is 1. The number of fused-ring (bicyclic) bond motifs is 1. The number of aromatic nitrogens is 3. The molecule has 10 rings (SSSR count). The number of rotatable bonds is 8. The molecule has 8 aromatic carbocycles. The number of phenols is 1. The topological polar surface area (TPSA) is 50.9 Å². The molecule has 0 amide bonds. The van der Waals surface area contributed by atoms with Gasteiger partial charge in [0, 0.05) is 28.5 Å². The van der Waals surface area contributed by atoms with E-state index < -0.39 is 0 Å². The Morgan fingerprint density at radius 1 is 0.365 bits per heavy atom. The zero-order valence-corrected chi connectivity index (χ0v) is 45.3. The minimum absolute atomic E-state index is 0.0635. The van der Waals surface area contributed by atoms with Crippen LogP contribution in [0.25, 0.3) is 95.0 Å². The summed E-state index contributed by atoms with van der Waals surface area (Å²) in [5, 5.41) is 12.8. The molecular formula is C70H69N3O. The largest absolute Gasteiger partial charge is 0.507 e. The van der Waals surface area contributed by atoms with Crippen molar-refractivity contribution in [2.75, 3.05) is 0 Å². The van der Waals surface area contributed by atoms with Gasteiger partial charge in [-0.15, -0.1) is 0 Å². The zero-order valence-electron chi connectivity index (χ0n) is 45.3. The highest BCUT2D eigenvalue weighted by Crippen LogP contribution is 2.48. The first kappa shape index (κ1) is 49.7. The highest BCUT2D eigenvalue weighted by molar-refractivity contribution is 5.99. The van der Waals surface area contributed by atoms with Crippen LogP contribution >= 0.6 is 0 Å². The van der Waals surface area contributed by atoms with Crippen molar-refractivity contribution in [2.45, 2.75) is 105 Å². The summed E-state index contributed by atoms with van der Waals surface area (Å²) in [5.74, 6) is 0.916. The molecular weight excluding hydrogens is 899 g/mol. The third kappa shape index (κ3) is 9.74. The Balaban J connectivity index is 1.30. The molecule has 0 saturated carbocycles.